The minimum Gasteiger partial charge on any atom is -0.497 e. The normalized spacial score (nSPS) is 11.7. The fourth-order valence-electron chi connectivity index (χ4n) is 3.45. The summed E-state index contributed by atoms with van der Waals surface area (Å²) in [7, 11) is 1.69. The van der Waals surface area contributed by atoms with Gasteiger partial charge in [-0.05, 0) is 63.2 Å². The zero-order chi connectivity index (χ0) is 19.4. The van der Waals surface area contributed by atoms with Gasteiger partial charge in [-0.25, -0.2) is 4.98 Å². The molecule has 2 aromatic carbocycles. The molecule has 1 N–H and O–H groups in total. The van der Waals surface area contributed by atoms with Crippen LogP contribution >= 0.6 is 11.6 Å². The Balaban J connectivity index is 1.99. The van der Waals surface area contributed by atoms with Gasteiger partial charge in [-0.3, -0.25) is 4.90 Å². The van der Waals surface area contributed by atoms with E-state index in [2.05, 4.69) is 31.0 Å². The number of nitrogens with one attached hydrogen (secondary N) is 1. The van der Waals surface area contributed by atoms with E-state index in [-0.39, 0.29) is 0 Å². The third-order valence-electron chi connectivity index (χ3n) is 4.88. The number of benzene rings is 2. The van der Waals surface area contributed by atoms with Gasteiger partial charge in [0.1, 0.15) is 5.75 Å². The maximum Gasteiger partial charge on any atom is 0.119 e. The molecule has 27 heavy (non-hydrogen) atoms. The Morgan fingerprint density at radius 1 is 1.07 bits per heavy atom. The van der Waals surface area contributed by atoms with Crippen LogP contribution in [0.15, 0.2) is 36.4 Å². The minimum atomic E-state index is 0.538. The largest absolute Gasteiger partial charge is 0.497 e. The number of rotatable bonds is 8. The van der Waals surface area contributed by atoms with Crippen LogP contribution in [-0.4, -0.2) is 42.7 Å². The molecule has 0 radical (unpaired) electrons. The molecule has 0 aliphatic heterocycles. The first-order valence-electron chi connectivity index (χ1n) is 9.58. The van der Waals surface area contributed by atoms with Crippen LogP contribution in [0.4, 0.5) is 5.69 Å². The SMILES string of the molecule is CCCN(CCNc1c2ccc(Cl)cc2nc2ccc(OC)cc12)C(C)C. The molecule has 0 fully saturated rings. The summed E-state index contributed by atoms with van der Waals surface area (Å²) in [6.07, 6.45) is 1.16. The molecule has 0 saturated heterocycles. The molecule has 0 saturated carbocycles. The zero-order valence-corrected chi connectivity index (χ0v) is 17.3. The molecule has 0 amide bonds. The van der Waals surface area contributed by atoms with Crippen LogP contribution in [0.1, 0.15) is 27.2 Å². The first kappa shape index (κ1) is 19.7. The monoisotopic (exact) mass is 385 g/mol. The summed E-state index contributed by atoms with van der Waals surface area (Å²) in [6.45, 7) is 9.70. The minimum absolute atomic E-state index is 0.538. The summed E-state index contributed by atoms with van der Waals surface area (Å²) >= 11 is 6.20. The molecule has 0 bridgehead atoms. The lowest BCUT2D eigenvalue weighted by atomic mass is 10.1. The second kappa shape index (κ2) is 8.77. The van der Waals surface area contributed by atoms with Crippen molar-refractivity contribution in [3.63, 3.8) is 0 Å². The fraction of sp³-hybridized carbons (Fsp3) is 0.409. The van der Waals surface area contributed by atoms with Crippen molar-refractivity contribution in [1.29, 1.82) is 0 Å². The maximum atomic E-state index is 6.20. The second-order valence-corrected chi connectivity index (χ2v) is 7.52. The second-order valence-electron chi connectivity index (χ2n) is 7.09. The first-order chi connectivity index (χ1) is 13.0. The predicted octanol–water partition coefficient (Wildman–Crippen LogP) is 5.58. The first-order valence-corrected chi connectivity index (χ1v) is 9.96. The van der Waals surface area contributed by atoms with E-state index in [1.807, 2.05) is 36.4 Å². The highest BCUT2D eigenvalue weighted by atomic mass is 35.5. The van der Waals surface area contributed by atoms with Crippen LogP contribution in [0.3, 0.4) is 0 Å². The van der Waals surface area contributed by atoms with Crippen molar-refractivity contribution in [3.05, 3.63) is 41.4 Å². The van der Waals surface area contributed by atoms with E-state index < -0.39 is 0 Å². The van der Waals surface area contributed by atoms with Crippen molar-refractivity contribution in [1.82, 2.24) is 9.88 Å². The molecule has 5 heteroatoms. The fourth-order valence-corrected chi connectivity index (χ4v) is 3.62. The van der Waals surface area contributed by atoms with Crippen LogP contribution in [0, 0.1) is 0 Å². The lowest BCUT2D eigenvalue weighted by molar-refractivity contribution is 0.231. The van der Waals surface area contributed by atoms with E-state index >= 15 is 0 Å². The van der Waals surface area contributed by atoms with Crippen LogP contribution in [0.25, 0.3) is 21.8 Å². The van der Waals surface area contributed by atoms with Gasteiger partial charge in [0.25, 0.3) is 0 Å². The molecule has 0 aliphatic carbocycles. The highest BCUT2D eigenvalue weighted by Gasteiger charge is 2.12. The summed E-state index contributed by atoms with van der Waals surface area (Å²) in [5.41, 5.74) is 2.92. The van der Waals surface area contributed by atoms with E-state index in [9.17, 15) is 0 Å². The molecule has 0 spiro atoms. The van der Waals surface area contributed by atoms with Crippen LogP contribution < -0.4 is 10.1 Å². The van der Waals surface area contributed by atoms with Gasteiger partial charge in [-0.2, -0.15) is 0 Å². The third-order valence-corrected chi connectivity index (χ3v) is 5.12. The molecular weight excluding hydrogens is 358 g/mol. The summed E-state index contributed by atoms with van der Waals surface area (Å²) in [6, 6.07) is 12.4. The maximum absolute atomic E-state index is 6.20. The Bertz CT molecular complexity index is 926. The Morgan fingerprint density at radius 2 is 1.89 bits per heavy atom. The Labute approximate surface area is 166 Å². The Kier molecular flexibility index (Phi) is 6.40. The number of anilines is 1. The van der Waals surface area contributed by atoms with Gasteiger partial charge >= 0.3 is 0 Å². The van der Waals surface area contributed by atoms with Crippen molar-refractivity contribution in [2.45, 2.75) is 33.2 Å². The number of nitrogens with zero attached hydrogens (tertiary/aromatic N) is 2. The molecular formula is C22H28ClN3O. The van der Waals surface area contributed by atoms with Gasteiger partial charge in [0.05, 0.1) is 23.8 Å². The molecule has 3 rings (SSSR count). The number of ether oxygens (including phenoxy) is 1. The van der Waals surface area contributed by atoms with Gasteiger partial charge in [0.15, 0.2) is 0 Å². The van der Waals surface area contributed by atoms with Crippen LogP contribution in [0.2, 0.25) is 5.02 Å². The van der Waals surface area contributed by atoms with E-state index in [0.29, 0.717) is 11.1 Å². The van der Waals surface area contributed by atoms with E-state index in [4.69, 9.17) is 21.3 Å². The van der Waals surface area contributed by atoms with Crippen molar-refractivity contribution in [2.24, 2.45) is 0 Å². The molecule has 0 aliphatic rings. The molecule has 1 heterocycles. The number of aromatic nitrogens is 1. The third kappa shape index (κ3) is 4.45. The van der Waals surface area contributed by atoms with Crippen molar-refractivity contribution >= 4 is 39.1 Å². The lowest BCUT2D eigenvalue weighted by Gasteiger charge is -2.26. The average Bonchev–Trinajstić information content (AvgIpc) is 2.65. The summed E-state index contributed by atoms with van der Waals surface area (Å²) in [5.74, 6) is 0.829. The standard InChI is InChI=1S/C22H28ClN3O/c1-5-11-26(15(2)3)12-10-24-22-18-8-6-16(23)13-21(18)25-20-9-7-17(27-4)14-19(20)22/h6-9,13-15H,5,10-12H2,1-4H3,(H,24,25). The number of fused-ring (bicyclic) bond motifs is 2. The molecule has 1 aromatic heterocycles. The zero-order valence-electron chi connectivity index (χ0n) is 16.6. The quantitative estimate of drug-likeness (QED) is 0.513. The summed E-state index contributed by atoms with van der Waals surface area (Å²) in [5, 5.41) is 6.50. The van der Waals surface area contributed by atoms with Crippen molar-refractivity contribution in [2.75, 3.05) is 32.1 Å². The number of hydrogen-bond acceptors (Lipinski definition) is 4. The molecule has 4 nitrogen and oxygen atoms in total. The van der Waals surface area contributed by atoms with Gasteiger partial charge in [-0.1, -0.05) is 18.5 Å². The number of hydrogen-bond donors (Lipinski definition) is 1. The van der Waals surface area contributed by atoms with Gasteiger partial charge in [-0.15, -0.1) is 0 Å². The highest BCUT2D eigenvalue weighted by Crippen LogP contribution is 2.34. The number of halogens is 1. The molecule has 0 atom stereocenters. The predicted molar refractivity (Wildman–Crippen MR) is 116 cm³/mol. The van der Waals surface area contributed by atoms with Gasteiger partial charge < -0.3 is 10.1 Å². The lowest BCUT2D eigenvalue weighted by Crippen LogP contribution is -2.35. The topological polar surface area (TPSA) is 37.4 Å². The van der Waals surface area contributed by atoms with E-state index in [1.54, 1.807) is 7.11 Å². The Hall–Kier alpha value is -2.04. The van der Waals surface area contributed by atoms with Crippen molar-refractivity contribution < 1.29 is 4.74 Å². The number of pyridine rings is 1. The van der Waals surface area contributed by atoms with Gasteiger partial charge in [0.2, 0.25) is 0 Å². The molecule has 3 aromatic rings. The average molecular weight is 386 g/mol. The van der Waals surface area contributed by atoms with Crippen LogP contribution in [-0.2, 0) is 0 Å². The summed E-state index contributed by atoms with van der Waals surface area (Å²) in [4.78, 5) is 7.28. The Morgan fingerprint density at radius 3 is 2.59 bits per heavy atom. The van der Waals surface area contributed by atoms with E-state index in [1.165, 1.54) is 0 Å². The van der Waals surface area contributed by atoms with Gasteiger partial charge in [0, 0.05) is 34.9 Å². The smallest absolute Gasteiger partial charge is 0.119 e. The highest BCUT2D eigenvalue weighted by molar-refractivity contribution is 6.31. The van der Waals surface area contributed by atoms with E-state index in [0.717, 1.165) is 59.3 Å². The summed E-state index contributed by atoms with van der Waals surface area (Å²) < 4.78 is 5.43. The molecule has 0 unspecified atom stereocenters. The number of methoxy groups -OCH3 is 1. The van der Waals surface area contributed by atoms with Crippen LogP contribution in [0.5, 0.6) is 5.75 Å². The van der Waals surface area contributed by atoms with Crippen molar-refractivity contribution in [3.8, 4) is 5.75 Å². The molecule has 144 valence electrons.